The van der Waals surface area contributed by atoms with E-state index in [0.29, 0.717) is 24.4 Å². The number of aromatic nitrogens is 1. The molecule has 3 aromatic rings. The van der Waals surface area contributed by atoms with Crippen LogP contribution in [-0.2, 0) is 0 Å². The van der Waals surface area contributed by atoms with Crippen LogP contribution in [0.4, 0.5) is 9.18 Å². The first-order chi connectivity index (χ1) is 15.0. The summed E-state index contributed by atoms with van der Waals surface area (Å²) in [7, 11) is 0. The molecule has 2 aliphatic rings. The number of ether oxygens (including phenoxy) is 1. The fraction of sp³-hybridized carbons (Fsp3) is 0.304. The van der Waals surface area contributed by atoms with Crippen molar-refractivity contribution in [1.82, 2.24) is 20.5 Å². The number of hydrogen-bond acceptors (Lipinski definition) is 5. The molecule has 1 unspecified atom stereocenters. The van der Waals surface area contributed by atoms with Gasteiger partial charge >= 0.3 is 6.03 Å². The number of nitrogens with one attached hydrogen (secondary N) is 2. The third kappa shape index (κ3) is 4.17. The molecular weight excluding hydrogens is 399 g/mol. The molecule has 5 rings (SSSR count). The fourth-order valence-corrected chi connectivity index (χ4v) is 4.32. The molecule has 160 valence electrons. The van der Waals surface area contributed by atoms with Crippen LogP contribution in [0.15, 0.2) is 54.9 Å². The molecule has 2 saturated heterocycles. The number of urea groups is 1. The monoisotopic (exact) mass is 422 g/mol. The highest BCUT2D eigenvalue weighted by Gasteiger charge is 2.47. The van der Waals surface area contributed by atoms with Crippen molar-refractivity contribution in [2.45, 2.75) is 11.6 Å². The second kappa shape index (κ2) is 7.79. The number of hydrogen-bond donors (Lipinski definition) is 3. The van der Waals surface area contributed by atoms with Gasteiger partial charge < -0.3 is 20.5 Å². The Balaban J connectivity index is 1.20. The Morgan fingerprint density at radius 1 is 1.13 bits per heavy atom. The standard InChI is InChI=1S/C23H23FN4O3/c24-19-6-18(8-25-9-19)16-2-1-15-3-4-21(7-17(15)5-16)31-11-20(29)10-28-13-23(14-28)12-26-22(30)27-23/h1-9,20,29H,10-14H2,(H2,26,27,30). The summed E-state index contributed by atoms with van der Waals surface area (Å²) >= 11 is 0. The van der Waals surface area contributed by atoms with Crippen LogP contribution in [0.5, 0.6) is 5.75 Å². The lowest BCUT2D eigenvalue weighted by Gasteiger charge is -2.47. The second-order valence-electron chi connectivity index (χ2n) is 8.34. The first-order valence-electron chi connectivity index (χ1n) is 10.2. The zero-order valence-electron chi connectivity index (χ0n) is 16.8. The molecule has 3 N–H and O–H groups in total. The number of rotatable bonds is 6. The highest BCUT2D eigenvalue weighted by atomic mass is 19.1. The van der Waals surface area contributed by atoms with Gasteiger partial charge in [0.1, 0.15) is 24.3 Å². The molecule has 3 heterocycles. The van der Waals surface area contributed by atoms with E-state index in [1.54, 1.807) is 6.20 Å². The van der Waals surface area contributed by atoms with Crippen LogP contribution in [-0.4, -0.2) is 65.5 Å². The highest BCUT2D eigenvalue weighted by molar-refractivity contribution is 5.88. The number of β-amino-alcohol motifs (C(OH)–C–C–N with tert-alkyl or cyclic N) is 1. The van der Waals surface area contributed by atoms with Crippen molar-refractivity contribution < 1.29 is 19.0 Å². The van der Waals surface area contributed by atoms with Crippen LogP contribution in [0.1, 0.15) is 0 Å². The number of amides is 2. The molecule has 8 heteroatoms. The normalized spacial score (nSPS) is 18.5. The molecule has 1 atom stereocenters. The summed E-state index contributed by atoms with van der Waals surface area (Å²) in [6.07, 6.45) is 2.18. The highest BCUT2D eigenvalue weighted by Crippen LogP contribution is 2.28. The van der Waals surface area contributed by atoms with Gasteiger partial charge in [0, 0.05) is 37.9 Å². The van der Waals surface area contributed by atoms with E-state index in [1.807, 2.05) is 36.4 Å². The van der Waals surface area contributed by atoms with Crippen LogP contribution in [0.2, 0.25) is 0 Å². The van der Waals surface area contributed by atoms with Gasteiger partial charge in [0.05, 0.1) is 11.7 Å². The number of carbonyl (C=O) groups excluding carboxylic acids is 1. The maximum atomic E-state index is 13.5. The smallest absolute Gasteiger partial charge is 0.315 e. The minimum Gasteiger partial charge on any atom is -0.491 e. The Hall–Kier alpha value is -3.23. The molecule has 0 bridgehead atoms. The predicted octanol–water partition coefficient (Wildman–Crippen LogP) is 2.15. The Morgan fingerprint density at radius 3 is 2.74 bits per heavy atom. The topological polar surface area (TPSA) is 86.7 Å². The summed E-state index contributed by atoms with van der Waals surface area (Å²) in [5, 5.41) is 18.1. The van der Waals surface area contributed by atoms with Crippen molar-refractivity contribution in [3.8, 4) is 16.9 Å². The largest absolute Gasteiger partial charge is 0.491 e. The Labute approximate surface area is 178 Å². The van der Waals surface area contributed by atoms with E-state index in [-0.39, 0.29) is 24.0 Å². The fourth-order valence-electron chi connectivity index (χ4n) is 4.32. The minimum absolute atomic E-state index is 0.128. The van der Waals surface area contributed by atoms with Crippen LogP contribution < -0.4 is 15.4 Å². The number of aliphatic hydroxyl groups excluding tert-OH is 1. The third-order valence-electron chi connectivity index (χ3n) is 5.78. The van der Waals surface area contributed by atoms with Crippen molar-refractivity contribution in [2.24, 2.45) is 0 Å². The van der Waals surface area contributed by atoms with Crippen molar-refractivity contribution in [3.05, 3.63) is 60.7 Å². The molecule has 7 nitrogen and oxygen atoms in total. The molecule has 0 radical (unpaired) electrons. The van der Waals surface area contributed by atoms with E-state index in [1.165, 1.54) is 12.3 Å². The van der Waals surface area contributed by atoms with E-state index in [9.17, 15) is 14.3 Å². The molecule has 1 spiro atoms. The van der Waals surface area contributed by atoms with E-state index in [2.05, 4.69) is 20.5 Å². The summed E-state index contributed by atoms with van der Waals surface area (Å²) in [6, 6.07) is 13.0. The minimum atomic E-state index is -0.636. The number of nitrogens with zero attached hydrogens (tertiary/aromatic N) is 2. The second-order valence-corrected chi connectivity index (χ2v) is 8.34. The number of pyridine rings is 1. The SMILES string of the molecule is O=C1NCC2(CN(CC(O)COc3ccc4ccc(-c5cncc(F)c5)cc4c3)C2)N1. The van der Waals surface area contributed by atoms with Gasteiger partial charge in [-0.25, -0.2) is 9.18 Å². The van der Waals surface area contributed by atoms with Gasteiger partial charge in [0.2, 0.25) is 0 Å². The van der Waals surface area contributed by atoms with Crippen molar-refractivity contribution in [1.29, 1.82) is 0 Å². The first kappa shape index (κ1) is 19.7. The molecule has 0 aliphatic carbocycles. The summed E-state index contributed by atoms with van der Waals surface area (Å²) in [5.74, 6) is 0.289. The maximum absolute atomic E-state index is 13.5. The van der Waals surface area contributed by atoms with Crippen LogP contribution in [0.25, 0.3) is 21.9 Å². The molecule has 31 heavy (non-hydrogen) atoms. The Bertz CT molecular complexity index is 1130. The third-order valence-corrected chi connectivity index (χ3v) is 5.78. The molecular formula is C23H23FN4O3. The molecule has 2 fully saturated rings. The van der Waals surface area contributed by atoms with Gasteiger partial charge in [0.25, 0.3) is 0 Å². The Kier molecular flexibility index (Phi) is 4.95. The first-order valence-corrected chi connectivity index (χ1v) is 10.2. The van der Waals surface area contributed by atoms with E-state index in [0.717, 1.165) is 29.4 Å². The lowest BCUT2D eigenvalue weighted by molar-refractivity contribution is 0.00543. The molecule has 1 aromatic heterocycles. The number of halogens is 1. The molecule has 2 amide bonds. The van der Waals surface area contributed by atoms with Gasteiger partial charge in [0.15, 0.2) is 0 Å². The molecule has 0 saturated carbocycles. The molecule has 2 aromatic carbocycles. The maximum Gasteiger partial charge on any atom is 0.315 e. The Morgan fingerprint density at radius 2 is 1.97 bits per heavy atom. The summed E-state index contributed by atoms with van der Waals surface area (Å²) in [4.78, 5) is 17.3. The van der Waals surface area contributed by atoms with Crippen LogP contribution in [0.3, 0.4) is 0 Å². The number of likely N-dealkylation sites (tertiary alicyclic amines) is 1. The summed E-state index contributed by atoms with van der Waals surface area (Å²) < 4.78 is 19.3. The number of carbonyl (C=O) groups is 1. The van der Waals surface area contributed by atoms with Crippen LogP contribution in [0, 0.1) is 5.82 Å². The summed E-state index contributed by atoms with van der Waals surface area (Å²) in [6.45, 7) is 2.72. The van der Waals surface area contributed by atoms with Gasteiger partial charge in [-0.05, 0) is 40.6 Å². The van der Waals surface area contributed by atoms with Gasteiger partial charge in [-0.3, -0.25) is 9.88 Å². The molecule has 2 aliphatic heterocycles. The average molecular weight is 422 g/mol. The number of benzene rings is 2. The van der Waals surface area contributed by atoms with Gasteiger partial charge in [-0.2, -0.15) is 0 Å². The average Bonchev–Trinajstić information content (AvgIpc) is 3.13. The lowest BCUT2D eigenvalue weighted by atomic mass is 9.91. The summed E-state index contributed by atoms with van der Waals surface area (Å²) in [5.41, 5.74) is 1.40. The number of aliphatic hydroxyl groups is 1. The van der Waals surface area contributed by atoms with Crippen LogP contribution >= 0.6 is 0 Å². The zero-order chi connectivity index (χ0) is 21.4. The van der Waals surface area contributed by atoms with Crippen molar-refractivity contribution in [2.75, 3.05) is 32.8 Å². The predicted molar refractivity (Wildman–Crippen MR) is 114 cm³/mol. The van der Waals surface area contributed by atoms with Crippen molar-refractivity contribution >= 4 is 16.8 Å². The van der Waals surface area contributed by atoms with Gasteiger partial charge in [-0.1, -0.05) is 18.2 Å². The van der Waals surface area contributed by atoms with E-state index >= 15 is 0 Å². The van der Waals surface area contributed by atoms with E-state index in [4.69, 9.17) is 4.74 Å². The van der Waals surface area contributed by atoms with Gasteiger partial charge in [-0.15, -0.1) is 0 Å². The number of fused-ring (bicyclic) bond motifs is 1. The quantitative estimate of drug-likeness (QED) is 0.567. The zero-order valence-corrected chi connectivity index (χ0v) is 16.8. The lowest BCUT2D eigenvalue weighted by Crippen LogP contribution is -2.69. The van der Waals surface area contributed by atoms with E-state index < -0.39 is 6.10 Å². The van der Waals surface area contributed by atoms with Crippen molar-refractivity contribution in [3.63, 3.8) is 0 Å².